The van der Waals surface area contributed by atoms with E-state index >= 15 is 0 Å². The van der Waals surface area contributed by atoms with E-state index in [4.69, 9.17) is 5.73 Å². The van der Waals surface area contributed by atoms with E-state index in [1.807, 2.05) is 18.3 Å². The normalized spacial score (nSPS) is 11.0. The van der Waals surface area contributed by atoms with Gasteiger partial charge in [-0.25, -0.2) is 0 Å². The number of rotatable bonds is 4. The molecule has 2 N–H and O–H groups in total. The summed E-state index contributed by atoms with van der Waals surface area (Å²) in [5, 5.41) is 1.26. The van der Waals surface area contributed by atoms with E-state index in [1.165, 1.54) is 16.5 Å². The Hall–Kier alpha value is -2.13. The molecule has 0 aliphatic heterocycles. The lowest BCUT2D eigenvalue weighted by atomic mass is 10.1. The lowest BCUT2D eigenvalue weighted by Gasteiger charge is -2.06. The standard InChI is InChI=1S/C16H17N3/c17-8-6-13-4-5-14-7-10-19(16(14)11-13)12-15-3-1-2-9-18-15/h1-5,7,9-11H,6,8,12,17H2. The molecule has 2 heterocycles. The molecule has 1 aromatic carbocycles. The molecule has 0 saturated carbocycles. The van der Waals surface area contributed by atoms with E-state index in [-0.39, 0.29) is 0 Å². The first kappa shape index (κ1) is 11.9. The monoisotopic (exact) mass is 251 g/mol. The van der Waals surface area contributed by atoms with Crippen LogP contribution in [0.25, 0.3) is 10.9 Å². The minimum absolute atomic E-state index is 0.687. The van der Waals surface area contributed by atoms with Gasteiger partial charge in [-0.2, -0.15) is 0 Å². The van der Waals surface area contributed by atoms with Crippen LogP contribution < -0.4 is 5.73 Å². The fourth-order valence-corrected chi connectivity index (χ4v) is 2.36. The van der Waals surface area contributed by atoms with Gasteiger partial charge in [0, 0.05) is 17.9 Å². The maximum Gasteiger partial charge on any atom is 0.0648 e. The van der Waals surface area contributed by atoms with E-state index < -0.39 is 0 Å². The Morgan fingerprint density at radius 3 is 2.84 bits per heavy atom. The fraction of sp³-hybridized carbons (Fsp3) is 0.188. The Bertz CT molecular complexity index is 671. The predicted molar refractivity (Wildman–Crippen MR) is 78.0 cm³/mol. The van der Waals surface area contributed by atoms with Crippen molar-refractivity contribution in [3.8, 4) is 0 Å². The van der Waals surface area contributed by atoms with Crippen molar-refractivity contribution in [3.05, 3.63) is 66.1 Å². The highest BCUT2D eigenvalue weighted by molar-refractivity contribution is 5.80. The number of nitrogens with two attached hydrogens (primary N) is 1. The number of benzene rings is 1. The highest BCUT2D eigenvalue weighted by Gasteiger charge is 2.03. The van der Waals surface area contributed by atoms with Crippen LogP contribution in [0.1, 0.15) is 11.3 Å². The molecule has 0 bridgehead atoms. The molecule has 0 saturated heterocycles. The summed E-state index contributed by atoms with van der Waals surface area (Å²) in [5.41, 5.74) is 9.23. The zero-order valence-electron chi connectivity index (χ0n) is 10.8. The average molecular weight is 251 g/mol. The Kier molecular flexibility index (Phi) is 3.29. The quantitative estimate of drug-likeness (QED) is 0.774. The van der Waals surface area contributed by atoms with Gasteiger partial charge >= 0.3 is 0 Å². The van der Waals surface area contributed by atoms with Crippen LogP contribution in [0.3, 0.4) is 0 Å². The first-order valence-corrected chi connectivity index (χ1v) is 6.54. The number of hydrogen-bond donors (Lipinski definition) is 1. The molecule has 3 heteroatoms. The largest absolute Gasteiger partial charge is 0.341 e. The van der Waals surface area contributed by atoms with Crippen LogP contribution in [0.15, 0.2) is 54.9 Å². The van der Waals surface area contributed by atoms with Crippen LogP contribution in [0.5, 0.6) is 0 Å². The number of fused-ring (bicyclic) bond motifs is 1. The fourth-order valence-electron chi connectivity index (χ4n) is 2.36. The van der Waals surface area contributed by atoms with Crippen LogP contribution in [-0.4, -0.2) is 16.1 Å². The van der Waals surface area contributed by atoms with Gasteiger partial charge < -0.3 is 10.3 Å². The van der Waals surface area contributed by atoms with Crippen molar-refractivity contribution < 1.29 is 0 Å². The summed E-state index contributed by atoms with van der Waals surface area (Å²) < 4.78 is 2.23. The Balaban J connectivity index is 1.97. The van der Waals surface area contributed by atoms with Crippen molar-refractivity contribution in [3.63, 3.8) is 0 Å². The van der Waals surface area contributed by atoms with Gasteiger partial charge in [0.15, 0.2) is 0 Å². The van der Waals surface area contributed by atoms with Crippen LogP contribution in [0.4, 0.5) is 0 Å². The van der Waals surface area contributed by atoms with Crippen molar-refractivity contribution in [1.29, 1.82) is 0 Å². The van der Waals surface area contributed by atoms with Crippen LogP contribution in [-0.2, 0) is 13.0 Å². The topological polar surface area (TPSA) is 43.8 Å². The number of nitrogens with zero attached hydrogens (tertiary/aromatic N) is 2. The zero-order chi connectivity index (χ0) is 13.1. The molecule has 0 spiro atoms. The van der Waals surface area contributed by atoms with E-state index in [9.17, 15) is 0 Å². The van der Waals surface area contributed by atoms with E-state index in [0.717, 1.165) is 18.7 Å². The third-order valence-electron chi connectivity index (χ3n) is 3.33. The van der Waals surface area contributed by atoms with Gasteiger partial charge in [-0.05, 0) is 48.2 Å². The van der Waals surface area contributed by atoms with Crippen molar-refractivity contribution >= 4 is 10.9 Å². The molecule has 2 aromatic heterocycles. The molecule has 0 fully saturated rings. The lowest BCUT2D eigenvalue weighted by Crippen LogP contribution is -2.03. The Morgan fingerprint density at radius 1 is 1.11 bits per heavy atom. The number of aromatic nitrogens is 2. The Morgan fingerprint density at radius 2 is 2.05 bits per heavy atom. The van der Waals surface area contributed by atoms with Gasteiger partial charge in [-0.1, -0.05) is 18.2 Å². The molecule has 0 unspecified atom stereocenters. The van der Waals surface area contributed by atoms with E-state index in [2.05, 4.69) is 46.1 Å². The van der Waals surface area contributed by atoms with E-state index in [1.54, 1.807) is 0 Å². The molecule has 0 amide bonds. The van der Waals surface area contributed by atoms with Gasteiger partial charge in [-0.3, -0.25) is 4.98 Å². The predicted octanol–water partition coefficient (Wildman–Crippen LogP) is 2.59. The maximum absolute atomic E-state index is 5.62. The summed E-state index contributed by atoms with van der Waals surface area (Å²) >= 11 is 0. The maximum atomic E-state index is 5.62. The summed E-state index contributed by atoms with van der Waals surface area (Å²) in [6.45, 7) is 1.49. The third kappa shape index (κ3) is 2.51. The van der Waals surface area contributed by atoms with Gasteiger partial charge in [-0.15, -0.1) is 0 Å². The molecule has 0 aliphatic rings. The number of hydrogen-bond acceptors (Lipinski definition) is 2. The minimum atomic E-state index is 0.687. The van der Waals surface area contributed by atoms with Gasteiger partial charge in [0.25, 0.3) is 0 Å². The van der Waals surface area contributed by atoms with Gasteiger partial charge in [0.05, 0.1) is 12.2 Å². The van der Waals surface area contributed by atoms with Crippen molar-refractivity contribution in [2.75, 3.05) is 6.54 Å². The lowest BCUT2D eigenvalue weighted by molar-refractivity contribution is 0.806. The van der Waals surface area contributed by atoms with E-state index in [0.29, 0.717) is 6.54 Å². The molecule has 3 nitrogen and oxygen atoms in total. The van der Waals surface area contributed by atoms with Crippen molar-refractivity contribution in [1.82, 2.24) is 9.55 Å². The smallest absolute Gasteiger partial charge is 0.0648 e. The first-order valence-electron chi connectivity index (χ1n) is 6.54. The summed E-state index contributed by atoms with van der Waals surface area (Å²) in [7, 11) is 0. The van der Waals surface area contributed by atoms with Crippen LogP contribution in [0.2, 0.25) is 0 Å². The summed E-state index contributed by atoms with van der Waals surface area (Å²) in [5.74, 6) is 0. The Labute approximate surface area is 112 Å². The first-order chi connectivity index (χ1) is 9.36. The second-order valence-corrected chi connectivity index (χ2v) is 4.70. The summed E-state index contributed by atoms with van der Waals surface area (Å²) in [6, 6.07) is 14.7. The number of pyridine rings is 1. The molecular formula is C16H17N3. The molecule has 96 valence electrons. The van der Waals surface area contributed by atoms with Crippen molar-refractivity contribution in [2.24, 2.45) is 5.73 Å². The highest BCUT2D eigenvalue weighted by Crippen LogP contribution is 2.19. The molecule has 0 radical (unpaired) electrons. The van der Waals surface area contributed by atoms with Crippen LogP contribution >= 0.6 is 0 Å². The second-order valence-electron chi connectivity index (χ2n) is 4.70. The van der Waals surface area contributed by atoms with Gasteiger partial charge in [0.2, 0.25) is 0 Å². The zero-order valence-corrected chi connectivity index (χ0v) is 10.8. The van der Waals surface area contributed by atoms with Crippen molar-refractivity contribution in [2.45, 2.75) is 13.0 Å². The summed E-state index contributed by atoms with van der Waals surface area (Å²) in [4.78, 5) is 4.38. The molecule has 3 rings (SSSR count). The third-order valence-corrected chi connectivity index (χ3v) is 3.33. The minimum Gasteiger partial charge on any atom is -0.341 e. The summed E-state index contributed by atoms with van der Waals surface area (Å²) in [6.07, 6.45) is 4.87. The molecule has 3 aromatic rings. The molecule has 0 atom stereocenters. The molecular weight excluding hydrogens is 234 g/mol. The average Bonchev–Trinajstić information content (AvgIpc) is 2.83. The SMILES string of the molecule is NCCc1ccc2ccn(Cc3ccccn3)c2c1. The molecule has 0 aliphatic carbocycles. The van der Waals surface area contributed by atoms with Gasteiger partial charge in [0.1, 0.15) is 0 Å². The second kappa shape index (κ2) is 5.24. The molecule has 19 heavy (non-hydrogen) atoms. The van der Waals surface area contributed by atoms with Crippen LogP contribution in [0, 0.1) is 0 Å². The highest BCUT2D eigenvalue weighted by atomic mass is 15.0.